The van der Waals surface area contributed by atoms with Gasteiger partial charge in [-0.25, -0.2) is 0 Å². The Morgan fingerprint density at radius 3 is 2.35 bits per heavy atom. The fourth-order valence-corrected chi connectivity index (χ4v) is 2.40. The molecule has 0 aromatic carbocycles. The van der Waals surface area contributed by atoms with Crippen molar-refractivity contribution in [1.29, 1.82) is 0 Å². The maximum atomic E-state index is 8.80. The third-order valence-corrected chi connectivity index (χ3v) is 3.43. The number of oxime groups is 1. The van der Waals surface area contributed by atoms with Gasteiger partial charge in [0.15, 0.2) is 0 Å². The van der Waals surface area contributed by atoms with Crippen molar-refractivity contribution in [3.8, 4) is 0 Å². The van der Waals surface area contributed by atoms with Crippen LogP contribution in [-0.2, 0) is 9.47 Å². The van der Waals surface area contributed by atoms with Gasteiger partial charge in [-0.05, 0) is 26.8 Å². The van der Waals surface area contributed by atoms with E-state index in [-0.39, 0.29) is 11.7 Å². The predicted octanol–water partition coefficient (Wildman–Crippen LogP) is 1.35. The van der Waals surface area contributed by atoms with Gasteiger partial charge < -0.3 is 19.6 Å². The molecule has 1 atom stereocenters. The van der Waals surface area contributed by atoms with Gasteiger partial charge in [-0.2, -0.15) is 0 Å². The van der Waals surface area contributed by atoms with Crippen molar-refractivity contribution in [1.82, 2.24) is 4.90 Å². The second kappa shape index (κ2) is 6.33. The van der Waals surface area contributed by atoms with Crippen molar-refractivity contribution < 1.29 is 14.7 Å². The van der Waals surface area contributed by atoms with Crippen LogP contribution in [0.3, 0.4) is 0 Å². The molecule has 2 heterocycles. The number of piperidine rings is 1. The van der Waals surface area contributed by atoms with E-state index in [4.69, 9.17) is 9.94 Å². The summed E-state index contributed by atoms with van der Waals surface area (Å²) in [5.74, 6) is 0. The SMILES string of the molecule is CC1OC2(CCN(C)CC2)CC1=NO.COC. The average Bonchev–Trinajstić information content (AvgIpc) is 2.61. The third-order valence-electron chi connectivity index (χ3n) is 3.43. The molecule has 17 heavy (non-hydrogen) atoms. The first kappa shape index (κ1) is 14.4. The number of methoxy groups -OCH3 is 1. The van der Waals surface area contributed by atoms with E-state index in [1.54, 1.807) is 14.2 Å². The Labute approximate surface area is 103 Å². The molecule has 2 fully saturated rings. The zero-order valence-electron chi connectivity index (χ0n) is 11.3. The van der Waals surface area contributed by atoms with Crippen LogP contribution in [0.25, 0.3) is 0 Å². The molecule has 2 aliphatic rings. The van der Waals surface area contributed by atoms with Crippen LogP contribution in [0.1, 0.15) is 26.2 Å². The monoisotopic (exact) mass is 244 g/mol. The van der Waals surface area contributed by atoms with Crippen LogP contribution in [0.4, 0.5) is 0 Å². The summed E-state index contributed by atoms with van der Waals surface area (Å²) < 4.78 is 10.2. The molecule has 0 radical (unpaired) electrons. The first-order chi connectivity index (χ1) is 8.06. The zero-order chi connectivity index (χ0) is 12.9. The summed E-state index contributed by atoms with van der Waals surface area (Å²) in [7, 11) is 5.38. The molecule has 2 saturated heterocycles. The average molecular weight is 244 g/mol. The second-order valence-corrected chi connectivity index (χ2v) is 4.92. The molecule has 0 aliphatic carbocycles. The van der Waals surface area contributed by atoms with Gasteiger partial charge in [0.25, 0.3) is 0 Å². The smallest absolute Gasteiger partial charge is 0.0969 e. The lowest BCUT2D eigenvalue weighted by Gasteiger charge is -2.36. The molecule has 1 unspecified atom stereocenters. The lowest BCUT2D eigenvalue weighted by Crippen LogP contribution is -2.42. The number of likely N-dealkylation sites (tertiary alicyclic amines) is 1. The Kier molecular flexibility index (Phi) is 5.36. The molecule has 0 aromatic rings. The topological polar surface area (TPSA) is 54.3 Å². The second-order valence-electron chi connectivity index (χ2n) is 4.92. The minimum Gasteiger partial charge on any atom is -0.411 e. The molecule has 0 saturated carbocycles. The number of hydrogen-bond acceptors (Lipinski definition) is 5. The highest BCUT2D eigenvalue weighted by Gasteiger charge is 2.44. The van der Waals surface area contributed by atoms with Crippen molar-refractivity contribution in [3.05, 3.63) is 0 Å². The van der Waals surface area contributed by atoms with Crippen LogP contribution in [0.2, 0.25) is 0 Å². The maximum Gasteiger partial charge on any atom is 0.0969 e. The van der Waals surface area contributed by atoms with Crippen molar-refractivity contribution in [2.24, 2.45) is 5.16 Å². The first-order valence-corrected chi connectivity index (χ1v) is 6.04. The van der Waals surface area contributed by atoms with Crippen LogP contribution in [-0.4, -0.2) is 61.9 Å². The maximum absolute atomic E-state index is 8.80. The highest BCUT2D eigenvalue weighted by atomic mass is 16.5. The van der Waals surface area contributed by atoms with Crippen LogP contribution >= 0.6 is 0 Å². The predicted molar refractivity (Wildman–Crippen MR) is 66.8 cm³/mol. The van der Waals surface area contributed by atoms with Crippen LogP contribution in [0, 0.1) is 0 Å². The van der Waals surface area contributed by atoms with E-state index in [2.05, 4.69) is 21.8 Å². The van der Waals surface area contributed by atoms with Gasteiger partial charge in [-0.3, -0.25) is 0 Å². The van der Waals surface area contributed by atoms with E-state index in [0.717, 1.165) is 38.1 Å². The number of hydrogen-bond donors (Lipinski definition) is 1. The van der Waals surface area contributed by atoms with Gasteiger partial charge >= 0.3 is 0 Å². The molecular formula is C12H24N2O3. The van der Waals surface area contributed by atoms with Crippen LogP contribution in [0.5, 0.6) is 0 Å². The minimum atomic E-state index is -0.0342. The quantitative estimate of drug-likeness (QED) is 0.516. The molecule has 0 aromatic heterocycles. The van der Waals surface area contributed by atoms with E-state index >= 15 is 0 Å². The van der Waals surface area contributed by atoms with Crippen molar-refractivity contribution in [2.45, 2.75) is 37.9 Å². The third kappa shape index (κ3) is 3.66. The normalized spacial score (nSPS) is 30.4. The van der Waals surface area contributed by atoms with Crippen LogP contribution in [0.15, 0.2) is 5.16 Å². The van der Waals surface area contributed by atoms with E-state index in [1.807, 2.05) is 6.92 Å². The highest BCUT2D eigenvalue weighted by molar-refractivity contribution is 5.90. The van der Waals surface area contributed by atoms with Gasteiger partial charge in [0.1, 0.15) is 0 Å². The Morgan fingerprint density at radius 1 is 1.41 bits per heavy atom. The van der Waals surface area contributed by atoms with Gasteiger partial charge in [0.05, 0.1) is 17.4 Å². The fraction of sp³-hybridized carbons (Fsp3) is 0.917. The molecule has 1 spiro atoms. The van der Waals surface area contributed by atoms with E-state index in [1.165, 1.54) is 0 Å². The Bertz CT molecular complexity index is 260. The molecule has 5 nitrogen and oxygen atoms in total. The van der Waals surface area contributed by atoms with E-state index in [0.29, 0.717) is 0 Å². The van der Waals surface area contributed by atoms with Crippen molar-refractivity contribution >= 4 is 5.71 Å². The van der Waals surface area contributed by atoms with Gasteiger partial charge in [-0.1, -0.05) is 5.16 Å². The molecule has 2 aliphatic heterocycles. The Hall–Kier alpha value is -0.650. The molecule has 5 heteroatoms. The summed E-state index contributed by atoms with van der Waals surface area (Å²) in [5.41, 5.74) is 0.766. The summed E-state index contributed by atoms with van der Waals surface area (Å²) in [6.45, 7) is 4.11. The van der Waals surface area contributed by atoms with Crippen molar-refractivity contribution in [3.63, 3.8) is 0 Å². The first-order valence-electron chi connectivity index (χ1n) is 6.04. The van der Waals surface area contributed by atoms with Gasteiger partial charge in [0, 0.05) is 33.7 Å². The Morgan fingerprint density at radius 2 is 1.94 bits per heavy atom. The minimum absolute atomic E-state index is 0.0107. The lowest BCUT2D eigenvalue weighted by molar-refractivity contribution is -0.0657. The molecule has 0 amide bonds. The summed E-state index contributed by atoms with van der Waals surface area (Å²) >= 11 is 0. The molecule has 2 rings (SSSR count). The largest absolute Gasteiger partial charge is 0.411 e. The molecule has 0 bridgehead atoms. The number of rotatable bonds is 0. The summed E-state index contributed by atoms with van der Waals surface area (Å²) in [5, 5.41) is 12.1. The molecular weight excluding hydrogens is 220 g/mol. The summed E-state index contributed by atoms with van der Waals surface area (Å²) in [6.07, 6.45) is 2.89. The highest BCUT2D eigenvalue weighted by Crippen LogP contribution is 2.37. The molecule has 1 N–H and O–H groups in total. The Balaban J connectivity index is 0.000000437. The fourth-order valence-electron chi connectivity index (χ4n) is 2.40. The molecule has 100 valence electrons. The zero-order valence-corrected chi connectivity index (χ0v) is 11.3. The number of nitrogens with zero attached hydrogens (tertiary/aromatic N) is 2. The lowest BCUT2D eigenvalue weighted by atomic mass is 9.88. The summed E-state index contributed by atoms with van der Waals surface area (Å²) in [6, 6.07) is 0. The number of ether oxygens (including phenoxy) is 2. The van der Waals surface area contributed by atoms with Crippen LogP contribution < -0.4 is 0 Å². The summed E-state index contributed by atoms with van der Waals surface area (Å²) in [4.78, 5) is 2.31. The van der Waals surface area contributed by atoms with Crippen molar-refractivity contribution in [2.75, 3.05) is 34.4 Å². The standard InChI is InChI=1S/C10H18N2O2.C2H6O/c1-8-9(11-13)7-10(14-8)3-5-12(2)6-4-10;1-3-2/h8,13H,3-7H2,1-2H3;1-2H3. The van der Waals surface area contributed by atoms with Gasteiger partial charge in [0.2, 0.25) is 0 Å². The van der Waals surface area contributed by atoms with E-state index in [9.17, 15) is 0 Å². The van der Waals surface area contributed by atoms with Gasteiger partial charge in [-0.15, -0.1) is 0 Å². The van der Waals surface area contributed by atoms with E-state index < -0.39 is 0 Å².